The molecule has 2 rings (SSSR count). The molecule has 0 heterocycles. The van der Waals surface area contributed by atoms with E-state index in [0.29, 0.717) is 5.75 Å². The number of benzene rings is 2. The van der Waals surface area contributed by atoms with E-state index in [1.165, 1.54) is 5.56 Å². The van der Waals surface area contributed by atoms with Crippen LogP contribution >= 0.6 is 11.8 Å². The quantitative estimate of drug-likeness (QED) is 0.893. The number of anilines is 1. The number of carbonyl (C=O) groups is 1. The maximum Gasteiger partial charge on any atom is 0.234 e. The maximum atomic E-state index is 11.9. The smallest absolute Gasteiger partial charge is 0.234 e. The van der Waals surface area contributed by atoms with Crippen LogP contribution in [-0.2, 0) is 10.5 Å². The van der Waals surface area contributed by atoms with Gasteiger partial charge in [0, 0.05) is 11.4 Å². The number of hydrogen-bond acceptors (Lipinski definition) is 2. The Labute approximate surface area is 124 Å². The average molecular weight is 285 g/mol. The highest BCUT2D eigenvalue weighted by atomic mass is 32.2. The van der Waals surface area contributed by atoms with Gasteiger partial charge in [0.25, 0.3) is 0 Å². The third kappa shape index (κ3) is 4.42. The largest absolute Gasteiger partial charge is 0.325 e. The van der Waals surface area contributed by atoms with E-state index in [1.54, 1.807) is 11.8 Å². The third-order valence-corrected chi connectivity index (χ3v) is 4.02. The number of carbonyl (C=O) groups excluding carboxylic acids is 1. The Balaban J connectivity index is 1.82. The fourth-order valence-electron chi connectivity index (χ4n) is 1.89. The number of amides is 1. The van der Waals surface area contributed by atoms with Crippen LogP contribution in [0.1, 0.15) is 16.7 Å². The van der Waals surface area contributed by atoms with Crippen LogP contribution in [-0.4, -0.2) is 11.7 Å². The van der Waals surface area contributed by atoms with Gasteiger partial charge in [0.15, 0.2) is 0 Å². The Morgan fingerprint density at radius 3 is 2.60 bits per heavy atom. The summed E-state index contributed by atoms with van der Waals surface area (Å²) in [5.41, 5.74) is 4.41. The lowest BCUT2D eigenvalue weighted by Gasteiger charge is -2.09. The molecule has 1 N–H and O–H groups in total. The lowest BCUT2D eigenvalue weighted by atomic mass is 10.1. The number of hydrogen-bond donors (Lipinski definition) is 1. The van der Waals surface area contributed by atoms with Crippen molar-refractivity contribution in [3.05, 3.63) is 65.2 Å². The standard InChI is InChI=1S/C17H19NOS/c1-13-8-9-14(2)16(10-13)18-17(19)12-20-11-15-6-4-3-5-7-15/h3-10H,11-12H2,1-2H3,(H,18,19). The molecule has 0 atom stereocenters. The van der Waals surface area contributed by atoms with E-state index in [2.05, 4.69) is 23.5 Å². The fourth-order valence-corrected chi connectivity index (χ4v) is 2.68. The van der Waals surface area contributed by atoms with Crippen molar-refractivity contribution >= 4 is 23.4 Å². The molecule has 0 aliphatic heterocycles. The first kappa shape index (κ1) is 14.7. The molecule has 0 unspecified atom stereocenters. The van der Waals surface area contributed by atoms with Crippen molar-refractivity contribution in [1.29, 1.82) is 0 Å². The van der Waals surface area contributed by atoms with Crippen molar-refractivity contribution in [2.24, 2.45) is 0 Å². The van der Waals surface area contributed by atoms with E-state index in [1.807, 2.05) is 44.2 Å². The Hall–Kier alpha value is -1.74. The van der Waals surface area contributed by atoms with Gasteiger partial charge in [0.2, 0.25) is 5.91 Å². The number of rotatable bonds is 5. The van der Waals surface area contributed by atoms with Crippen LogP contribution < -0.4 is 5.32 Å². The first-order chi connectivity index (χ1) is 9.65. The van der Waals surface area contributed by atoms with Gasteiger partial charge in [-0.25, -0.2) is 0 Å². The Morgan fingerprint density at radius 1 is 1.10 bits per heavy atom. The normalized spacial score (nSPS) is 10.3. The monoisotopic (exact) mass is 285 g/mol. The topological polar surface area (TPSA) is 29.1 Å². The summed E-state index contributed by atoms with van der Waals surface area (Å²) in [5, 5.41) is 2.98. The third-order valence-electron chi connectivity index (χ3n) is 3.01. The Bertz CT molecular complexity index is 581. The number of thioether (sulfide) groups is 1. The first-order valence-electron chi connectivity index (χ1n) is 6.64. The van der Waals surface area contributed by atoms with Crippen LogP contribution in [0.5, 0.6) is 0 Å². The number of nitrogens with one attached hydrogen (secondary N) is 1. The highest BCUT2D eigenvalue weighted by Crippen LogP contribution is 2.17. The summed E-state index contributed by atoms with van der Waals surface area (Å²) in [4.78, 5) is 11.9. The molecule has 104 valence electrons. The predicted octanol–water partition coefficient (Wildman–Crippen LogP) is 4.18. The molecule has 0 aliphatic carbocycles. The second kappa shape index (κ2) is 7.15. The molecule has 1 amide bonds. The van der Waals surface area contributed by atoms with Gasteiger partial charge in [-0.15, -0.1) is 11.8 Å². The summed E-state index contributed by atoms with van der Waals surface area (Å²) in [7, 11) is 0. The zero-order valence-corrected chi connectivity index (χ0v) is 12.7. The molecule has 0 aromatic heterocycles. The van der Waals surface area contributed by atoms with Crippen molar-refractivity contribution in [2.75, 3.05) is 11.1 Å². The maximum absolute atomic E-state index is 11.9. The van der Waals surface area contributed by atoms with Crippen LogP contribution in [0.2, 0.25) is 0 Å². The van der Waals surface area contributed by atoms with E-state index in [0.717, 1.165) is 22.6 Å². The van der Waals surface area contributed by atoms with E-state index in [-0.39, 0.29) is 5.91 Å². The molecule has 2 aromatic carbocycles. The lowest BCUT2D eigenvalue weighted by Crippen LogP contribution is -2.15. The van der Waals surface area contributed by atoms with Gasteiger partial charge in [-0.1, -0.05) is 42.5 Å². The summed E-state index contributed by atoms with van der Waals surface area (Å²) in [6.45, 7) is 4.03. The highest BCUT2D eigenvalue weighted by molar-refractivity contribution is 7.99. The second-order valence-electron chi connectivity index (χ2n) is 4.84. The predicted molar refractivity (Wildman–Crippen MR) is 87.1 cm³/mol. The summed E-state index contributed by atoms with van der Waals surface area (Å²) in [5.74, 6) is 1.39. The lowest BCUT2D eigenvalue weighted by molar-refractivity contribution is -0.113. The van der Waals surface area contributed by atoms with Gasteiger partial charge in [-0.3, -0.25) is 4.79 Å². The SMILES string of the molecule is Cc1ccc(C)c(NC(=O)CSCc2ccccc2)c1. The van der Waals surface area contributed by atoms with Crippen LogP contribution in [0.15, 0.2) is 48.5 Å². The summed E-state index contributed by atoms with van der Waals surface area (Å²) >= 11 is 1.63. The highest BCUT2D eigenvalue weighted by Gasteiger charge is 2.05. The van der Waals surface area contributed by atoms with Crippen molar-refractivity contribution in [3.63, 3.8) is 0 Å². The van der Waals surface area contributed by atoms with Gasteiger partial charge in [0.05, 0.1) is 5.75 Å². The van der Waals surface area contributed by atoms with E-state index < -0.39 is 0 Å². The van der Waals surface area contributed by atoms with Gasteiger partial charge in [-0.2, -0.15) is 0 Å². The zero-order valence-electron chi connectivity index (χ0n) is 11.8. The molecule has 20 heavy (non-hydrogen) atoms. The molecule has 3 heteroatoms. The minimum atomic E-state index is 0.0552. The molecule has 2 aromatic rings. The number of aryl methyl sites for hydroxylation is 2. The van der Waals surface area contributed by atoms with Crippen molar-refractivity contribution < 1.29 is 4.79 Å². The van der Waals surface area contributed by atoms with Crippen LogP contribution in [0.3, 0.4) is 0 Å². The Morgan fingerprint density at radius 2 is 1.85 bits per heavy atom. The van der Waals surface area contributed by atoms with Crippen LogP contribution in [0.4, 0.5) is 5.69 Å². The van der Waals surface area contributed by atoms with Crippen molar-refractivity contribution in [3.8, 4) is 0 Å². The minimum absolute atomic E-state index is 0.0552. The van der Waals surface area contributed by atoms with Crippen molar-refractivity contribution in [1.82, 2.24) is 0 Å². The second-order valence-corrected chi connectivity index (χ2v) is 5.83. The van der Waals surface area contributed by atoms with Gasteiger partial charge in [0.1, 0.15) is 0 Å². The molecular formula is C17H19NOS. The molecule has 0 fully saturated rings. The Kier molecular flexibility index (Phi) is 5.24. The van der Waals surface area contributed by atoms with Crippen LogP contribution in [0.25, 0.3) is 0 Å². The van der Waals surface area contributed by atoms with E-state index >= 15 is 0 Å². The molecule has 0 radical (unpaired) electrons. The molecule has 0 bridgehead atoms. The summed E-state index contributed by atoms with van der Waals surface area (Å²) in [6.07, 6.45) is 0. The van der Waals surface area contributed by atoms with Gasteiger partial charge < -0.3 is 5.32 Å². The minimum Gasteiger partial charge on any atom is -0.325 e. The summed E-state index contributed by atoms with van der Waals surface area (Å²) in [6, 6.07) is 16.3. The summed E-state index contributed by atoms with van der Waals surface area (Å²) < 4.78 is 0. The van der Waals surface area contributed by atoms with Gasteiger partial charge in [-0.05, 0) is 36.6 Å². The zero-order chi connectivity index (χ0) is 14.4. The van der Waals surface area contributed by atoms with Crippen molar-refractivity contribution in [2.45, 2.75) is 19.6 Å². The fraction of sp³-hybridized carbons (Fsp3) is 0.235. The molecule has 0 aliphatic rings. The average Bonchev–Trinajstić information content (AvgIpc) is 2.44. The molecule has 2 nitrogen and oxygen atoms in total. The first-order valence-corrected chi connectivity index (χ1v) is 7.79. The van der Waals surface area contributed by atoms with Gasteiger partial charge >= 0.3 is 0 Å². The molecule has 0 saturated carbocycles. The van der Waals surface area contributed by atoms with E-state index in [9.17, 15) is 4.79 Å². The van der Waals surface area contributed by atoms with E-state index in [4.69, 9.17) is 0 Å². The molecular weight excluding hydrogens is 266 g/mol. The molecule has 0 spiro atoms. The molecule has 0 saturated heterocycles. The van der Waals surface area contributed by atoms with Crippen LogP contribution in [0, 0.1) is 13.8 Å².